The number of hydrogen-bond donors (Lipinski definition) is 0. The molecular weight excluding hydrogens is 888 g/mol. The SMILES string of the molecule is Cc1ccccc1C1=CC(=CC2=C([O-])C(=Cc3cc(-c4ccc(Br)c(Br)c4)[o+]c(-c4ccccc4C)c3)C2=O)C=C(c2ccc(Br)c(Br)c2)O1. The van der Waals surface area contributed by atoms with E-state index >= 15 is 0 Å². The number of carbonyl (C=O) groups excluding carboxylic acids is 1. The van der Waals surface area contributed by atoms with Gasteiger partial charge in [-0.15, -0.1) is 0 Å². The molecule has 4 nitrogen and oxygen atoms in total. The summed E-state index contributed by atoms with van der Waals surface area (Å²) in [6.45, 7) is 4.04. The van der Waals surface area contributed by atoms with Crippen LogP contribution in [0.3, 0.4) is 0 Å². The van der Waals surface area contributed by atoms with Crippen LogP contribution in [0, 0.1) is 13.8 Å². The summed E-state index contributed by atoms with van der Waals surface area (Å²) < 4.78 is 16.4. The van der Waals surface area contributed by atoms with Crippen molar-refractivity contribution in [3.05, 3.63) is 183 Å². The van der Waals surface area contributed by atoms with E-state index in [0.29, 0.717) is 34.2 Å². The molecule has 0 fully saturated rings. The fourth-order valence-corrected chi connectivity index (χ4v) is 7.04. The Hall–Kier alpha value is -4.08. The zero-order chi connectivity index (χ0) is 35.1. The van der Waals surface area contributed by atoms with Crippen molar-refractivity contribution in [2.45, 2.75) is 13.8 Å². The molecule has 1 aliphatic carbocycles. The normalized spacial score (nSPS) is 15.9. The number of benzene rings is 4. The highest BCUT2D eigenvalue weighted by Crippen LogP contribution is 2.39. The molecule has 4 aromatic carbocycles. The molecular formula is C42H26Br4O4. The van der Waals surface area contributed by atoms with Gasteiger partial charge in [-0.05, 0) is 161 Å². The first kappa shape index (κ1) is 34.4. The highest BCUT2D eigenvalue weighted by atomic mass is 79.9. The van der Waals surface area contributed by atoms with E-state index in [2.05, 4.69) is 63.7 Å². The summed E-state index contributed by atoms with van der Waals surface area (Å²) in [6, 6.07) is 31.3. The van der Waals surface area contributed by atoms with Crippen LogP contribution in [-0.2, 0) is 9.53 Å². The number of allylic oxidation sites excluding steroid dienone is 6. The van der Waals surface area contributed by atoms with E-state index in [0.717, 1.165) is 51.3 Å². The Bertz CT molecular complexity index is 2400. The monoisotopic (exact) mass is 910 g/mol. The van der Waals surface area contributed by atoms with Crippen molar-refractivity contribution in [3.8, 4) is 22.6 Å². The summed E-state index contributed by atoms with van der Waals surface area (Å²) in [6.07, 6.45) is 7.02. The quantitative estimate of drug-likeness (QED) is 0.126. The van der Waals surface area contributed by atoms with Crippen molar-refractivity contribution in [1.82, 2.24) is 0 Å². The maximum Gasteiger partial charge on any atom is 0.361 e. The van der Waals surface area contributed by atoms with Crippen LogP contribution in [0.4, 0.5) is 0 Å². The first-order valence-electron chi connectivity index (χ1n) is 15.6. The van der Waals surface area contributed by atoms with E-state index in [1.54, 1.807) is 12.2 Å². The Morgan fingerprint density at radius 3 is 1.86 bits per heavy atom. The molecule has 0 amide bonds. The standard InChI is InChI=1S/C42H26Br4O4/c1-23-7-3-5-9-29(23)39-19-25(17-37(49-39)27-11-13-33(43)35(45)21-27)15-31-41(47)32(42(31)48)16-26-18-38(28-12-14-34(44)36(46)22-28)50-40(20-26)30-10-6-4-8-24(30)2/h3-22H,1-2H3. The number of rotatable bonds is 6. The fraction of sp³-hybridized carbons (Fsp3) is 0.0476. The lowest BCUT2D eigenvalue weighted by Gasteiger charge is -2.29. The molecule has 1 aliphatic heterocycles. The maximum absolute atomic E-state index is 13.6. The van der Waals surface area contributed by atoms with Crippen LogP contribution < -0.4 is 5.11 Å². The minimum Gasteiger partial charge on any atom is -0.871 e. The highest BCUT2D eigenvalue weighted by Gasteiger charge is 2.28. The maximum atomic E-state index is 13.6. The van der Waals surface area contributed by atoms with E-state index < -0.39 is 0 Å². The van der Waals surface area contributed by atoms with Gasteiger partial charge in [0, 0.05) is 40.2 Å². The average molecular weight is 914 g/mol. The molecule has 50 heavy (non-hydrogen) atoms. The van der Waals surface area contributed by atoms with Gasteiger partial charge in [0.1, 0.15) is 11.5 Å². The first-order chi connectivity index (χ1) is 24.0. The zero-order valence-electron chi connectivity index (χ0n) is 26.7. The molecule has 0 saturated carbocycles. The summed E-state index contributed by atoms with van der Waals surface area (Å²) in [5.41, 5.74) is 7.22. The number of carbonyl (C=O) groups is 1. The lowest BCUT2D eigenvalue weighted by molar-refractivity contribution is -0.300. The summed E-state index contributed by atoms with van der Waals surface area (Å²) in [7, 11) is 0. The minimum absolute atomic E-state index is 0.123. The number of ketones is 1. The number of hydrogen-bond acceptors (Lipinski definition) is 3. The van der Waals surface area contributed by atoms with Crippen LogP contribution in [0.1, 0.15) is 27.8 Å². The molecule has 0 bridgehead atoms. The number of ether oxygens (including phenoxy) is 1. The predicted octanol–water partition coefficient (Wildman–Crippen LogP) is 12.2. The van der Waals surface area contributed by atoms with Gasteiger partial charge in [-0.1, -0.05) is 54.3 Å². The predicted molar refractivity (Wildman–Crippen MR) is 212 cm³/mol. The van der Waals surface area contributed by atoms with Crippen LogP contribution >= 0.6 is 63.7 Å². The highest BCUT2D eigenvalue weighted by molar-refractivity contribution is 9.13. The van der Waals surface area contributed by atoms with Gasteiger partial charge in [-0.3, -0.25) is 4.79 Å². The molecule has 0 unspecified atom stereocenters. The summed E-state index contributed by atoms with van der Waals surface area (Å²) in [4.78, 5) is 13.6. The van der Waals surface area contributed by atoms with E-state index in [9.17, 15) is 9.90 Å². The van der Waals surface area contributed by atoms with E-state index in [-0.39, 0.29) is 22.7 Å². The molecule has 0 N–H and O–H groups in total. The molecule has 5 aromatic rings. The molecule has 0 atom stereocenters. The van der Waals surface area contributed by atoms with E-state index in [4.69, 9.17) is 9.15 Å². The Morgan fingerprint density at radius 2 is 1.22 bits per heavy atom. The topological polar surface area (TPSA) is 60.7 Å². The van der Waals surface area contributed by atoms with Gasteiger partial charge < -0.3 is 9.84 Å². The lowest BCUT2D eigenvalue weighted by atomic mass is 9.85. The molecule has 8 heteroatoms. The molecule has 0 saturated heterocycles. The second kappa shape index (κ2) is 14.3. The Kier molecular flexibility index (Phi) is 9.81. The van der Waals surface area contributed by atoms with Crippen molar-refractivity contribution in [3.63, 3.8) is 0 Å². The minimum atomic E-state index is -0.313. The first-order valence-corrected chi connectivity index (χ1v) is 18.7. The zero-order valence-corrected chi connectivity index (χ0v) is 33.0. The van der Waals surface area contributed by atoms with Crippen LogP contribution in [0.2, 0.25) is 0 Å². The number of aryl methyl sites for hydroxylation is 2. The third kappa shape index (κ3) is 6.95. The van der Waals surface area contributed by atoms with Crippen LogP contribution in [0.15, 0.2) is 160 Å². The Balaban J connectivity index is 1.31. The van der Waals surface area contributed by atoms with Crippen molar-refractivity contribution < 1.29 is 19.1 Å². The summed E-state index contributed by atoms with van der Waals surface area (Å²) in [5, 5.41) is 13.6. The van der Waals surface area contributed by atoms with Gasteiger partial charge in [-0.25, -0.2) is 4.42 Å². The van der Waals surface area contributed by atoms with E-state index in [1.165, 1.54) is 0 Å². The third-order valence-corrected chi connectivity index (χ3v) is 12.2. The number of halogens is 4. The Morgan fingerprint density at radius 1 is 0.640 bits per heavy atom. The van der Waals surface area contributed by atoms with Gasteiger partial charge >= 0.3 is 11.5 Å². The Labute approximate surface area is 323 Å². The molecule has 246 valence electrons. The molecule has 0 spiro atoms. The largest absolute Gasteiger partial charge is 0.871 e. The lowest BCUT2D eigenvalue weighted by Crippen LogP contribution is -2.29. The molecule has 2 aliphatic rings. The van der Waals surface area contributed by atoms with Crippen molar-refractivity contribution >= 4 is 87.1 Å². The van der Waals surface area contributed by atoms with Crippen molar-refractivity contribution in [2.75, 3.05) is 0 Å². The third-order valence-electron chi connectivity index (χ3n) is 8.46. The van der Waals surface area contributed by atoms with Crippen LogP contribution in [0.5, 0.6) is 0 Å². The van der Waals surface area contributed by atoms with Crippen molar-refractivity contribution in [1.29, 1.82) is 0 Å². The molecule has 1 aromatic heterocycles. The van der Waals surface area contributed by atoms with Crippen molar-refractivity contribution in [2.24, 2.45) is 0 Å². The summed E-state index contributed by atoms with van der Waals surface area (Å²) in [5.74, 6) is 1.84. The van der Waals surface area contributed by atoms with Gasteiger partial charge in [0.2, 0.25) is 0 Å². The molecule has 7 rings (SSSR count). The summed E-state index contributed by atoms with van der Waals surface area (Å²) >= 11 is 14.2. The van der Waals surface area contributed by atoms with Gasteiger partial charge in [0.15, 0.2) is 5.78 Å². The molecule has 0 radical (unpaired) electrons. The van der Waals surface area contributed by atoms with E-state index in [1.807, 2.05) is 123 Å². The fourth-order valence-electron chi connectivity index (χ4n) is 5.79. The average Bonchev–Trinajstić information content (AvgIpc) is 3.12. The van der Waals surface area contributed by atoms with Crippen LogP contribution in [0.25, 0.3) is 40.2 Å². The molecule has 2 heterocycles. The number of Topliss-reactive ketones (excluding diaryl/α,β-unsaturated/α-hetero) is 1. The van der Waals surface area contributed by atoms with Crippen LogP contribution in [-0.4, -0.2) is 5.78 Å². The van der Waals surface area contributed by atoms with Gasteiger partial charge in [-0.2, -0.15) is 0 Å². The second-order valence-electron chi connectivity index (χ2n) is 11.9. The smallest absolute Gasteiger partial charge is 0.361 e. The van der Waals surface area contributed by atoms with Gasteiger partial charge in [0.25, 0.3) is 0 Å². The van der Waals surface area contributed by atoms with Gasteiger partial charge in [0.05, 0.1) is 23.3 Å². The second-order valence-corrected chi connectivity index (χ2v) is 15.3.